The summed E-state index contributed by atoms with van der Waals surface area (Å²) in [5.41, 5.74) is 0. The van der Waals surface area contributed by atoms with E-state index < -0.39 is 12.1 Å². The fourth-order valence-electron chi connectivity index (χ4n) is 3.83. The highest BCUT2D eigenvalue weighted by atomic mass is 19.4. The highest BCUT2D eigenvalue weighted by Gasteiger charge is 2.46. The normalized spacial score (nSPS) is 26.4. The average Bonchev–Trinajstić information content (AvgIpc) is 3.19. The molecule has 0 spiro atoms. The Labute approximate surface area is 170 Å². The zero-order chi connectivity index (χ0) is 21.7. The Morgan fingerprint density at radius 2 is 1.83 bits per heavy atom. The third-order valence-electron chi connectivity index (χ3n) is 5.28. The molecule has 0 saturated carbocycles. The molecule has 3 atom stereocenters. The van der Waals surface area contributed by atoms with Crippen molar-refractivity contribution in [1.29, 1.82) is 0 Å². The molecular formula is C18H23F3N4O5. The van der Waals surface area contributed by atoms with E-state index in [1.165, 1.54) is 0 Å². The lowest BCUT2D eigenvalue weighted by atomic mass is 9.82. The second-order valence-corrected chi connectivity index (χ2v) is 7.31. The van der Waals surface area contributed by atoms with Gasteiger partial charge >= 0.3 is 12.1 Å². The van der Waals surface area contributed by atoms with Gasteiger partial charge in [-0.2, -0.15) is 13.2 Å². The number of hydrogen-bond donors (Lipinski definition) is 1. The van der Waals surface area contributed by atoms with Crippen LogP contribution in [-0.2, 0) is 19.2 Å². The number of alkyl halides is 3. The molecule has 0 bridgehead atoms. The molecule has 1 aromatic rings. The van der Waals surface area contributed by atoms with E-state index in [0.717, 1.165) is 31.9 Å². The lowest BCUT2D eigenvalue weighted by molar-refractivity contribution is -0.207. The lowest BCUT2D eigenvalue weighted by Crippen LogP contribution is -2.47. The van der Waals surface area contributed by atoms with Gasteiger partial charge < -0.3 is 14.7 Å². The number of anilines is 1. The Bertz CT molecular complexity index is 730. The van der Waals surface area contributed by atoms with Gasteiger partial charge in [0.1, 0.15) is 0 Å². The zero-order valence-electron chi connectivity index (χ0n) is 16.1. The van der Waals surface area contributed by atoms with Crippen molar-refractivity contribution in [2.24, 2.45) is 17.8 Å². The van der Waals surface area contributed by atoms with Crippen LogP contribution in [0.2, 0.25) is 0 Å². The number of nitrogens with zero attached hydrogens (tertiary/aromatic N) is 4. The predicted molar refractivity (Wildman–Crippen MR) is 96.1 cm³/mol. The Hall–Kier alpha value is -2.47. The first-order chi connectivity index (χ1) is 14.3. The fourth-order valence-corrected chi connectivity index (χ4v) is 3.83. The number of amides is 1. The van der Waals surface area contributed by atoms with Gasteiger partial charge in [-0.15, -0.1) is 0 Å². The molecule has 3 saturated heterocycles. The monoisotopic (exact) mass is 432 g/mol. The van der Waals surface area contributed by atoms with Gasteiger partial charge in [-0.3, -0.25) is 9.63 Å². The highest BCUT2D eigenvalue weighted by molar-refractivity contribution is 5.78. The summed E-state index contributed by atoms with van der Waals surface area (Å²) in [6.07, 6.45) is 0.462. The molecule has 3 aliphatic heterocycles. The van der Waals surface area contributed by atoms with E-state index in [-0.39, 0.29) is 17.7 Å². The lowest BCUT2D eigenvalue weighted by Gasteiger charge is -2.36. The number of carbonyl (C=O) groups excluding carboxylic acids is 1. The molecule has 3 fully saturated rings. The van der Waals surface area contributed by atoms with Crippen LogP contribution in [0.4, 0.5) is 19.1 Å². The molecule has 12 heteroatoms. The number of fused-ring (bicyclic) bond motifs is 1. The van der Waals surface area contributed by atoms with Gasteiger partial charge in [-0.25, -0.2) is 19.8 Å². The summed E-state index contributed by atoms with van der Waals surface area (Å²) in [5.74, 6) is -1.43. The second-order valence-electron chi connectivity index (χ2n) is 7.31. The number of rotatable bonds is 2. The van der Waals surface area contributed by atoms with E-state index in [2.05, 4.69) is 14.9 Å². The standard InChI is InChI=1S/C16H22N4O3.C2HF3O2/c21-15(20-6-1-2-7-23-20)14-11-22-10-12-8-19(9-13(12)14)16-17-4-3-5-18-16;3-2(4,5)1(6)7/h3-5,12-14H,1-2,6-11H2;(H,6,7)/t12-,13-,14+;/m1./s1. The summed E-state index contributed by atoms with van der Waals surface area (Å²) in [6.45, 7) is 4.18. The molecule has 9 nitrogen and oxygen atoms in total. The predicted octanol–water partition coefficient (Wildman–Crippen LogP) is 1.36. The van der Waals surface area contributed by atoms with Crippen molar-refractivity contribution >= 4 is 17.8 Å². The molecule has 3 aliphatic rings. The molecule has 0 aliphatic carbocycles. The van der Waals surface area contributed by atoms with E-state index in [4.69, 9.17) is 19.5 Å². The van der Waals surface area contributed by atoms with E-state index in [9.17, 15) is 18.0 Å². The van der Waals surface area contributed by atoms with E-state index in [1.807, 2.05) is 6.07 Å². The maximum Gasteiger partial charge on any atom is 0.490 e. The molecular weight excluding hydrogens is 409 g/mol. The largest absolute Gasteiger partial charge is 0.490 e. The quantitative estimate of drug-likeness (QED) is 0.747. The SMILES string of the molecule is O=C(O)C(F)(F)F.O=C([C@H]1COC[C@H]2CN(c3ncccn3)C[C@H]21)N1CCCCO1. The van der Waals surface area contributed by atoms with E-state index in [0.29, 0.717) is 32.3 Å². The summed E-state index contributed by atoms with van der Waals surface area (Å²) in [6, 6.07) is 1.82. The topological polar surface area (TPSA) is 105 Å². The number of carbonyl (C=O) groups is 2. The molecule has 1 N–H and O–H groups in total. The zero-order valence-corrected chi connectivity index (χ0v) is 16.1. The molecule has 0 aromatic carbocycles. The molecule has 4 rings (SSSR count). The molecule has 0 unspecified atom stereocenters. The molecule has 166 valence electrons. The minimum Gasteiger partial charge on any atom is -0.475 e. The number of carboxylic acid groups (broad SMARTS) is 1. The minimum absolute atomic E-state index is 0.0789. The van der Waals surface area contributed by atoms with Gasteiger partial charge in [-0.05, 0) is 24.8 Å². The Kier molecular flexibility index (Phi) is 7.08. The molecule has 1 amide bonds. The van der Waals surface area contributed by atoms with Crippen LogP contribution in [-0.4, -0.2) is 77.6 Å². The number of hydroxylamine groups is 2. The smallest absolute Gasteiger partial charge is 0.475 e. The first-order valence-electron chi connectivity index (χ1n) is 9.61. The number of carboxylic acids is 1. The molecule has 1 aromatic heterocycles. The molecule has 0 radical (unpaired) electrons. The number of hydrogen-bond acceptors (Lipinski definition) is 7. The van der Waals surface area contributed by atoms with Crippen LogP contribution >= 0.6 is 0 Å². The summed E-state index contributed by atoms with van der Waals surface area (Å²) >= 11 is 0. The third-order valence-corrected chi connectivity index (χ3v) is 5.28. The Morgan fingerprint density at radius 1 is 1.13 bits per heavy atom. The van der Waals surface area contributed by atoms with Gasteiger partial charge in [0, 0.05) is 37.9 Å². The highest BCUT2D eigenvalue weighted by Crippen LogP contribution is 2.36. The van der Waals surface area contributed by atoms with Crippen LogP contribution < -0.4 is 4.90 Å². The van der Waals surface area contributed by atoms with Gasteiger partial charge in [-0.1, -0.05) is 0 Å². The van der Waals surface area contributed by atoms with Crippen LogP contribution in [0.15, 0.2) is 18.5 Å². The van der Waals surface area contributed by atoms with Crippen LogP contribution in [0, 0.1) is 17.8 Å². The van der Waals surface area contributed by atoms with Crippen molar-refractivity contribution < 1.29 is 37.4 Å². The van der Waals surface area contributed by atoms with Crippen LogP contribution in [0.25, 0.3) is 0 Å². The van der Waals surface area contributed by atoms with E-state index in [1.54, 1.807) is 17.5 Å². The first kappa shape index (κ1) is 22.2. The maximum atomic E-state index is 12.8. The molecule has 30 heavy (non-hydrogen) atoms. The van der Waals surface area contributed by atoms with Crippen molar-refractivity contribution in [2.75, 3.05) is 44.4 Å². The Balaban J connectivity index is 0.000000318. The van der Waals surface area contributed by atoms with Crippen molar-refractivity contribution in [3.63, 3.8) is 0 Å². The summed E-state index contributed by atoms with van der Waals surface area (Å²) in [7, 11) is 0. The van der Waals surface area contributed by atoms with Gasteiger partial charge in [0.05, 0.1) is 25.7 Å². The second kappa shape index (κ2) is 9.56. The third kappa shape index (κ3) is 5.36. The number of ether oxygens (including phenoxy) is 1. The fraction of sp³-hybridized carbons (Fsp3) is 0.667. The van der Waals surface area contributed by atoms with Crippen molar-refractivity contribution in [3.8, 4) is 0 Å². The minimum atomic E-state index is -5.08. The number of aliphatic carboxylic acids is 1. The van der Waals surface area contributed by atoms with Crippen LogP contribution in [0.1, 0.15) is 12.8 Å². The van der Waals surface area contributed by atoms with E-state index >= 15 is 0 Å². The van der Waals surface area contributed by atoms with Crippen LogP contribution in [0.3, 0.4) is 0 Å². The van der Waals surface area contributed by atoms with Crippen molar-refractivity contribution in [1.82, 2.24) is 15.0 Å². The first-order valence-corrected chi connectivity index (χ1v) is 9.61. The van der Waals surface area contributed by atoms with Crippen molar-refractivity contribution in [3.05, 3.63) is 18.5 Å². The van der Waals surface area contributed by atoms with Crippen molar-refractivity contribution in [2.45, 2.75) is 19.0 Å². The number of halogens is 3. The molecule has 4 heterocycles. The average molecular weight is 432 g/mol. The number of aromatic nitrogens is 2. The summed E-state index contributed by atoms with van der Waals surface area (Å²) in [4.78, 5) is 38.1. The summed E-state index contributed by atoms with van der Waals surface area (Å²) < 4.78 is 37.5. The van der Waals surface area contributed by atoms with Gasteiger partial charge in [0.25, 0.3) is 5.91 Å². The van der Waals surface area contributed by atoms with Gasteiger partial charge in [0.15, 0.2) is 0 Å². The Morgan fingerprint density at radius 3 is 2.43 bits per heavy atom. The maximum absolute atomic E-state index is 12.8. The van der Waals surface area contributed by atoms with Gasteiger partial charge in [0.2, 0.25) is 5.95 Å². The summed E-state index contributed by atoms with van der Waals surface area (Å²) in [5, 5.41) is 8.68. The van der Waals surface area contributed by atoms with Crippen LogP contribution in [0.5, 0.6) is 0 Å².